The molecule has 1 amide bonds. The van der Waals surface area contributed by atoms with Gasteiger partial charge < -0.3 is 10.2 Å². The largest absolute Gasteiger partial charge is 0.341 e. The van der Waals surface area contributed by atoms with Gasteiger partial charge in [-0.3, -0.25) is 9.78 Å². The van der Waals surface area contributed by atoms with E-state index in [1.165, 1.54) is 0 Å². The van der Waals surface area contributed by atoms with Crippen LogP contribution in [0.4, 0.5) is 0 Å². The van der Waals surface area contributed by atoms with Gasteiger partial charge in [-0.25, -0.2) is 0 Å². The number of hydrogen-bond donors (Lipinski definition) is 1. The third-order valence-electron chi connectivity index (χ3n) is 3.06. The Kier molecular flexibility index (Phi) is 5.78. The first-order valence-electron chi connectivity index (χ1n) is 6.34. The highest BCUT2D eigenvalue weighted by molar-refractivity contribution is 5.79. The lowest BCUT2D eigenvalue weighted by atomic mass is 9.94. The van der Waals surface area contributed by atoms with Crippen molar-refractivity contribution < 1.29 is 4.79 Å². The fourth-order valence-corrected chi connectivity index (χ4v) is 1.95. The number of aromatic nitrogens is 1. The van der Waals surface area contributed by atoms with E-state index in [0.29, 0.717) is 19.0 Å². The molecule has 1 rings (SSSR count). The lowest BCUT2D eigenvalue weighted by Gasteiger charge is -2.26. The smallest absolute Gasteiger partial charge is 0.227 e. The van der Waals surface area contributed by atoms with Crippen molar-refractivity contribution in [2.45, 2.75) is 20.4 Å². The zero-order chi connectivity index (χ0) is 13.5. The van der Waals surface area contributed by atoms with Crippen LogP contribution in [0.5, 0.6) is 0 Å². The number of nitrogens with zero attached hydrogens (tertiary/aromatic N) is 2. The van der Waals surface area contributed by atoms with Crippen LogP contribution >= 0.6 is 0 Å². The van der Waals surface area contributed by atoms with Crippen molar-refractivity contribution in [3.8, 4) is 0 Å². The van der Waals surface area contributed by atoms with E-state index in [0.717, 1.165) is 5.56 Å². The predicted octanol–water partition coefficient (Wildman–Crippen LogP) is 1.53. The maximum Gasteiger partial charge on any atom is 0.227 e. The zero-order valence-electron chi connectivity index (χ0n) is 11.7. The minimum absolute atomic E-state index is 0.0247. The van der Waals surface area contributed by atoms with Gasteiger partial charge in [0, 0.05) is 32.5 Å². The molecule has 4 heteroatoms. The van der Waals surface area contributed by atoms with E-state index in [9.17, 15) is 4.79 Å². The average molecular weight is 249 g/mol. The number of carbonyl (C=O) groups excluding carboxylic acids is 1. The lowest BCUT2D eigenvalue weighted by molar-refractivity contribution is -0.136. The van der Waals surface area contributed by atoms with Crippen molar-refractivity contribution in [1.82, 2.24) is 15.2 Å². The fraction of sp³-hybridized carbons (Fsp3) is 0.571. The van der Waals surface area contributed by atoms with Crippen LogP contribution < -0.4 is 5.32 Å². The third kappa shape index (κ3) is 4.11. The third-order valence-corrected chi connectivity index (χ3v) is 3.06. The molecule has 0 fully saturated rings. The van der Waals surface area contributed by atoms with Crippen molar-refractivity contribution in [2.24, 2.45) is 11.8 Å². The Balaban J connectivity index is 2.65. The SMILES string of the molecule is CNCC(C(=O)N(C)Cc1cccnc1)C(C)C. The first kappa shape index (κ1) is 14.6. The Labute approximate surface area is 109 Å². The van der Waals surface area contributed by atoms with E-state index in [4.69, 9.17) is 0 Å². The minimum atomic E-state index is 0.0247. The number of rotatable bonds is 6. The van der Waals surface area contributed by atoms with E-state index in [-0.39, 0.29) is 11.8 Å². The summed E-state index contributed by atoms with van der Waals surface area (Å²) in [5.41, 5.74) is 1.06. The Bertz CT molecular complexity index is 365. The number of amides is 1. The molecule has 0 aromatic carbocycles. The molecule has 0 radical (unpaired) electrons. The minimum Gasteiger partial charge on any atom is -0.341 e. The van der Waals surface area contributed by atoms with Gasteiger partial charge in [-0.1, -0.05) is 19.9 Å². The molecule has 18 heavy (non-hydrogen) atoms. The normalized spacial score (nSPS) is 12.5. The Morgan fingerprint density at radius 1 is 1.50 bits per heavy atom. The molecule has 1 heterocycles. The highest BCUT2D eigenvalue weighted by atomic mass is 16.2. The van der Waals surface area contributed by atoms with Crippen LogP contribution in [0.3, 0.4) is 0 Å². The topological polar surface area (TPSA) is 45.2 Å². The molecule has 1 unspecified atom stereocenters. The summed E-state index contributed by atoms with van der Waals surface area (Å²) in [5, 5.41) is 3.09. The van der Waals surface area contributed by atoms with Crippen molar-refractivity contribution in [2.75, 3.05) is 20.6 Å². The zero-order valence-corrected chi connectivity index (χ0v) is 11.7. The fourth-order valence-electron chi connectivity index (χ4n) is 1.95. The summed E-state index contributed by atoms with van der Waals surface area (Å²) in [7, 11) is 3.73. The molecule has 0 bridgehead atoms. The highest BCUT2D eigenvalue weighted by Crippen LogP contribution is 2.14. The van der Waals surface area contributed by atoms with Crippen LogP contribution in [0.2, 0.25) is 0 Å². The van der Waals surface area contributed by atoms with E-state index in [2.05, 4.69) is 24.1 Å². The van der Waals surface area contributed by atoms with Gasteiger partial charge in [0.1, 0.15) is 0 Å². The van der Waals surface area contributed by atoms with Gasteiger partial charge in [0.15, 0.2) is 0 Å². The Morgan fingerprint density at radius 2 is 2.22 bits per heavy atom. The number of pyridine rings is 1. The van der Waals surface area contributed by atoms with Crippen LogP contribution in [0.1, 0.15) is 19.4 Å². The van der Waals surface area contributed by atoms with Crippen molar-refractivity contribution in [1.29, 1.82) is 0 Å². The first-order valence-corrected chi connectivity index (χ1v) is 6.34. The summed E-state index contributed by atoms with van der Waals surface area (Å²) in [6.07, 6.45) is 3.54. The predicted molar refractivity (Wildman–Crippen MR) is 73.0 cm³/mol. The van der Waals surface area contributed by atoms with Gasteiger partial charge in [-0.2, -0.15) is 0 Å². The van der Waals surface area contributed by atoms with Crippen LogP contribution in [0.25, 0.3) is 0 Å². The van der Waals surface area contributed by atoms with E-state index in [1.54, 1.807) is 17.3 Å². The second kappa shape index (κ2) is 7.11. The van der Waals surface area contributed by atoms with Gasteiger partial charge in [0.2, 0.25) is 5.91 Å². The molecule has 100 valence electrons. The molecule has 0 aliphatic carbocycles. The molecular weight excluding hydrogens is 226 g/mol. The van der Waals surface area contributed by atoms with Crippen LogP contribution in [-0.2, 0) is 11.3 Å². The average Bonchev–Trinajstić information content (AvgIpc) is 2.36. The second-order valence-corrected chi connectivity index (χ2v) is 4.96. The highest BCUT2D eigenvalue weighted by Gasteiger charge is 2.24. The van der Waals surface area contributed by atoms with Crippen LogP contribution in [0.15, 0.2) is 24.5 Å². The van der Waals surface area contributed by atoms with Crippen molar-refractivity contribution in [3.63, 3.8) is 0 Å². The maximum atomic E-state index is 12.3. The van der Waals surface area contributed by atoms with Gasteiger partial charge in [0.05, 0.1) is 5.92 Å². The second-order valence-electron chi connectivity index (χ2n) is 4.96. The molecule has 0 aliphatic rings. The maximum absolute atomic E-state index is 12.3. The van der Waals surface area contributed by atoms with Crippen LogP contribution in [-0.4, -0.2) is 36.4 Å². The molecule has 0 spiro atoms. The molecule has 0 saturated carbocycles. The quantitative estimate of drug-likeness (QED) is 0.831. The number of hydrogen-bond acceptors (Lipinski definition) is 3. The molecule has 0 aliphatic heterocycles. The van der Waals surface area contributed by atoms with E-state index < -0.39 is 0 Å². The molecule has 1 N–H and O–H groups in total. The van der Waals surface area contributed by atoms with Crippen LogP contribution in [0, 0.1) is 11.8 Å². The first-order chi connectivity index (χ1) is 8.56. The number of nitrogens with one attached hydrogen (secondary N) is 1. The molecule has 1 aromatic rings. The van der Waals surface area contributed by atoms with E-state index in [1.807, 2.05) is 26.2 Å². The molecule has 4 nitrogen and oxygen atoms in total. The summed E-state index contributed by atoms with van der Waals surface area (Å²) in [6.45, 7) is 5.49. The van der Waals surface area contributed by atoms with Crippen molar-refractivity contribution in [3.05, 3.63) is 30.1 Å². The molecule has 0 saturated heterocycles. The van der Waals surface area contributed by atoms with Gasteiger partial charge in [-0.15, -0.1) is 0 Å². The van der Waals surface area contributed by atoms with Crippen molar-refractivity contribution >= 4 is 5.91 Å². The van der Waals surface area contributed by atoms with Gasteiger partial charge >= 0.3 is 0 Å². The monoisotopic (exact) mass is 249 g/mol. The summed E-state index contributed by atoms with van der Waals surface area (Å²) < 4.78 is 0. The number of carbonyl (C=O) groups is 1. The van der Waals surface area contributed by atoms with Gasteiger partial charge in [0.25, 0.3) is 0 Å². The summed E-state index contributed by atoms with van der Waals surface area (Å²) in [5.74, 6) is 0.543. The lowest BCUT2D eigenvalue weighted by Crippen LogP contribution is -2.39. The summed E-state index contributed by atoms with van der Waals surface area (Å²) >= 11 is 0. The standard InChI is InChI=1S/C14H23N3O/c1-11(2)13(9-15-3)14(18)17(4)10-12-6-5-7-16-8-12/h5-8,11,13,15H,9-10H2,1-4H3. The molecule has 1 atom stereocenters. The Hall–Kier alpha value is -1.42. The van der Waals surface area contributed by atoms with E-state index >= 15 is 0 Å². The van der Waals surface area contributed by atoms with Gasteiger partial charge in [-0.05, 0) is 24.6 Å². The summed E-state index contributed by atoms with van der Waals surface area (Å²) in [6, 6.07) is 3.88. The molecular formula is C14H23N3O. The Morgan fingerprint density at radius 3 is 2.72 bits per heavy atom. The summed E-state index contributed by atoms with van der Waals surface area (Å²) in [4.78, 5) is 18.2. The molecule has 1 aromatic heterocycles.